The minimum atomic E-state index is -0.413. The topological polar surface area (TPSA) is 67.6 Å². The maximum Gasteiger partial charge on any atom is 0.410 e. The molecule has 1 aliphatic heterocycles. The van der Waals surface area contributed by atoms with Crippen molar-refractivity contribution in [3.63, 3.8) is 0 Å². The third-order valence-corrected chi connectivity index (χ3v) is 4.35. The van der Waals surface area contributed by atoms with E-state index >= 15 is 0 Å². The van der Waals surface area contributed by atoms with E-state index in [0.29, 0.717) is 17.8 Å². The maximum atomic E-state index is 12.0. The van der Waals surface area contributed by atoms with E-state index in [1.165, 1.54) is 0 Å². The summed E-state index contributed by atoms with van der Waals surface area (Å²) in [5.41, 5.74) is 5.38. The fraction of sp³-hybridized carbons (Fsp3) is 0.941. The molecular weight excluding hydrogens is 278 g/mol. The summed E-state index contributed by atoms with van der Waals surface area (Å²) in [6.45, 7) is 14.5. The van der Waals surface area contributed by atoms with Gasteiger partial charge in [-0.1, -0.05) is 13.8 Å². The van der Waals surface area contributed by atoms with Crippen molar-refractivity contribution < 1.29 is 9.53 Å². The van der Waals surface area contributed by atoms with Crippen molar-refractivity contribution in [3.8, 4) is 0 Å². The Bertz CT molecular complexity index is 331. The first kappa shape index (κ1) is 19.2. The summed E-state index contributed by atoms with van der Waals surface area (Å²) >= 11 is 0. The van der Waals surface area contributed by atoms with Crippen LogP contribution in [0.1, 0.15) is 47.5 Å². The van der Waals surface area contributed by atoms with E-state index < -0.39 is 5.60 Å². The molecule has 1 saturated heterocycles. The molecule has 0 aromatic rings. The van der Waals surface area contributed by atoms with E-state index in [-0.39, 0.29) is 6.09 Å². The van der Waals surface area contributed by atoms with Gasteiger partial charge in [-0.2, -0.15) is 0 Å². The van der Waals surface area contributed by atoms with Gasteiger partial charge in [-0.05, 0) is 71.0 Å². The highest BCUT2D eigenvalue weighted by Gasteiger charge is 2.26. The number of nitrogens with zero attached hydrogens (tertiary/aromatic N) is 1. The Morgan fingerprint density at radius 2 is 1.91 bits per heavy atom. The van der Waals surface area contributed by atoms with Gasteiger partial charge in [-0.3, -0.25) is 0 Å². The molecule has 1 rings (SSSR count). The van der Waals surface area contributed by atoms with Crippen LogP contribution in [-0.4, -0.2) is 49.3 Å². The van der Waals surface area contributed by atoms with Gasteiger partial charge in [-0.25, -0.2) is 4.79 Å². The smallest absolute Gasteiger partial charge is 0.410 e. The SMILES string of the molecule is CC(C)C(CN)CNCC1CCN(C(=O)OC(C)(C)C)CC1. The van der Waals surface area contributed by atoms with E-state index in [1.54, 1.807) is 0 Å². The summed E-state index contributed by atoms with van der Waals surface area (Å²) in [6.07, 6.45) is 1.91. The zero-order chi connectivity index (χ0) is 16.8. The highest BCUT2D eigenvalue weighted by Crippen LogP contribution is 2.19. The molecule has 1 amide bonds. The molecule has 0 saturated carbocycles. The lowest BCUT2D eigenvalue weighted by molar-refractivity contribution is 0.0184. The summed E-state index contributed by atoms with van der Waals surface area (Å²) in [5, 5.41) is 3.56. The molecule has 0 aromatic carbocycles. The van der Waals surface area contributed by atoms with E-state index in [4.69, 9.17) is 10.5 Å². The number of piperidine rings is 1. The molecular formula is C17H35N3O2. The lowest BCUT2D eigenvalue weighted by Gasteiger charge is -2.33. The van der Waals surface area contributed by atoms with Crippen molar-refractivity contribution in [2.75, 3.05) is 32.7 Å². The Balaban J connectivity index is 2.24. The van der Waals surface area contributed by atoms with Crippen LogP contribution in [0, 0.1) is 17.8 Å². The quantitative estimate of drug-likeness (QED) is 0.790. The molecule has 0 spiro atoms. The predicted molar refractivity (Wildman–Crippen MR) is 90.8 cm³/mol. The van der Waals surface area contributed by atoms with Gasteiger partial charge >= 0.3 is 6.09 Å². The van der Waals surface area contributed by atoms with E-state index in [1.807, 2.05) is 25.7 Å². The fourth-order valence-electron chi connectivity index (χ4n) is 2.71. The summed E-state index contributed by atoms with van der Waals surface area (Å²) in [5.74, 6) is 1.80. The van der Waals surface area contributed by atoms with Gasteiger partial charge in [0.1, 0.15) is 5.60 Å². The molecule has 1 heterocycles. The van der Waals surface area contributed by atoms with Gasteiger partial charge in [-0.15, -0.1) is 0 Å². The molecule has 1 atom stereocenters. The number of amides is 1. The Labute approximate surface area is 135 Å². The first-order valence-corrected chi connectivity index (χ1v) is 8.61. The molecule has 0 bridgehead atoms. The fourth-order valence-corrected chi connectivity index (χ4v) is 2.71. The highest BCUT2D eigenvalue weighted by atomic mass is 16.6. The summed E-state index contributed by atoms with van der Waals surface area (Å²) in [7, 11) is 0. The Kier molecular flexibility index (Phi) is 7.63. The summed E-state index contributed by atoms with van der Waals surface area (Å²) in [6, 6.07) is 0. The van der Waals surface area contributed by atoms with Crippen LogP contribution >= 0.6 is 0 Å². The average molecular weight is 313 g/mol. The molecule has 0 radical (unpaired) electrons. The van der Waals surface area contributed by atoms with Crippen molar-refractivity contribution in [3.05, 3.63) is 0 Å². The van der Waals surface area contributed by atoms with Crippen LogP contribution in [0.2, 0.25) is 0 Å². The standard InChI is InChI=1S/C17H35N3O2/c1-13(2)15(10-18)12-19-11-14-6-8-20(9-7-14)16(21)22-17(3,4)5/h13-15,19H,6-12,18H2,1-5H3. The molecule has 5 nitrogen and oxygen atoms in total. The summed E-state index contributed by atoms with van der Waals surface area (Å²) in [4.78, 5) is 13.8. The number of hydrogen-bond acceptors (Lipinski definition) is 4. The second-order valence-corrected chi connectivity index (χ2v) is 7.81. The van der Waals surface area contributed by atoms with E-state index in [9.17, 15) is 4.79 Å². The molecule has 1 aliphatic rings. The van der Waals surface area contributed by atoms with Crippen LogP contribution in [0.5, 0.6) is 0 Å². The van der Waals surface area contributed by atoms with Crippen molar-refractivity contribution in [2.24, 2.45) is 23.5 Å². The van der Waals surface area contributed by atoms with Crippen molar-refractivity contribution in [1.82, 2.24) is 10.2 Å². The molecule has 22 heavy (non-hydrogen) atoms. The molecule has 0 aromatic heterocycles. The van der Waals surface area contributed by atoms with Gasteiger partial charge in [0.2, 0.25) is 0 Å². The molecule has 0 aliphatic carbocycles. The van der Waals surface area contributed by atoms with Crippen LogP contribution in [-0.2, 0) is 4.74 Å². The third kappa shape index (κ3) is 6.97. The number of rotatable bonds is 6. The highest BCUT2D eigenvalue weighted by molar-refractivity contribution is 5.68. The van der Waals surface area contributed by atoms with Crippen LogP contribution < -0.4 is 11.1 Å². The monoisotopic (exact) mass is 313 g/mol. The van der Waals surface area contributed by atoms with Crippen molar-refractivity contribution in [1.29, 1.82) is 0 Å². The Hall–Kier alpha value is -0.810. The molecule has 5 heteroatoms. The molecule has 3 N–H and O–H groups in total. The zero-order valence-electron chi connectivity index (χ0n) is 15.0. The molecule has 130 valence electrons. The Morgan fingerprint density at radius 1 is 1.32 bits per heavy atom. The van der Waals surface area contributed by atoms with Crippen molar-refractivity contribution in [2.45, 2.75) is 53.1 Å². The first-order valence-electron chi connectivity index (χ1n) is 8.61. The first-order chi connectivity index (χ1) is 10.2. The zero-order valence-corrected chi connectivity index (χ0v) is 15.0. The number of nitrogens with two attached hydrogens (primary N) is 1. The summed E-state index contributed by atoms with van der Waals surface area (Å²) < 4.78 is 5.42. The van der Waals surface area contributed by atoms with Gasteiger partial charge in [0.25, 0.3) is 0 Å². The largest absolute Gasteiger partial charge is 0.444 e. The number of hydrogen-bond donors (Lipinski definition) is 2. The van der Waals surface area contributed by atoms with Crippen LogP contribution in [0.4, 0.5) is 4.79 Å². The molecule has 1 fully saturated rings. The normalized spacial score (nSPS) is 18.6. The number of likely N-dealkylation sites (tertiary alicyclic amines) is 1. The van der Waals surface area contributed by atoms with Crippen LogP contribution in [0.25, 0.3) is 0 Å². The molecule has 1 unspecified atom stereocenters. The third-order valence-electron chi connectivity index (χ3n) is 4.35. The van der Waals surface area contributed by atoms with E-state index in [2.05, 4.69) is 19.2 Å². The van der Waals surface area contributed by atoms with Gasteiger partial charge in [0.15, 0.2) is 0 Å². The predicted octanol–water partition coefficient (Wildman–Crippen LogP) is 2.45. The lowest BCUT2D eigenvalue weighted by Crippen LogP contribution is -2.43. The number of ether oxygens (including phenoxy) is 1. The van der Waals surface area contributed by atoms with Crippen LogP contribution in [0.3, 0.4) is 0 Å². The van der Waals surface area contributed by atoms with Crippen molar-refractivity contribution >= 4 is 6.09 Å². The minimum absolute atomic E-state index is 0.179. The second-order valence-electron chi connectivity index (χ2n) is 7.81. The number of carbonyl (C=O) groups is 1. The Morgan fingerprint density at radius 3 is 2.36 bits per heavy atom. The van der Waals surface area contributed by atoms with Gasteiger partial charge in [0.05, 0.1) is 0 Å². The van der Waals surface area contributed by atoms with Gasteiger partial charge < -0.3 is 20.7 Å². The number of nitrogens with one attached hydrogen (secondary N) is 1. The lowest BCUT2D eigenvalue weighted by atomic mass is 9.94. The maximum absolute atomic E-state index is 12.0. The van der Waals surface area contributed by atoms with Crippen LogP contribution in [0.15, 0.2) is 0 Å². The number of carbonyl (C=O) groups excluding carboxylic acids is 1. The average Bonchev–Trinajstić information content (AvgIpc) is 2.42. The second kappa shape index (κ2) is 8.73. The van der Waals surface area contributed by atoms with E-state index in [0.717, 1.165) is 45.6 Å². The van der Waals surface area contributed by atoms with Gasteiger partial charge in [0, 0.05) is 13.1 Å². The minimum Gasteiger partial charge on any atom is -0.444 e.